The average Bonchev–Trinajstić information content (AvgIpc) is 3.46. The maximum absolute atomic E-state index is 10.3. The Bertz CT molecular complexity index is 1310. The molecule has 10 nitrogen and oxygen atoms in total. The summed E-state index contributed by atoms with van der Waals surface area (Å²) in [5.41, 5.74) is 7.84. The third-order valence-corrected chi connectivity index (χ3v) is 6.68. The van der Waals surface area contributed by atoms with Crippen LogP contribution in [-0.4, -0.2) is 60.3 Å². The second-order valence-electron chi connectivity index (χ2n) is 9.35. The van der Waals surface area contributed by atoms with E-state index in [0.29, 0.717) is 11.6 Å². The maximum atomic E-state index is 10.3. The minimum atomic E-state index is -0.852. The van der Waals surface area contributed by atoms with Crippen molar-refractivity contribution in [1.29, 1.82) is 0 Å². The van der Waals surface area contributed by atoms with Crippen LogP contribution in [0, 0.1) is 0 Å². The van der Waals surface area contributed by atoms with Crippen molar-refractivity contribution in [2.24, 2.45) is 0 Å². The number of fused-ring (bicyclic) bond motifs is 3. The van der Waals surface area contributed by atoms with Crippen molar-refractivity contribution in [2.75, 3.05) is 30.8 Å². The van der Waals surface area contributed by atoms with Crippen LogP contribution in [0.15, 0.2) is 30.6 Å². The van der Waals surface area contributed by atoms with E-state index in [9.17, 15) is 5.11 Å². The second kappa shape index (κ2) is 7.87. The van der Waals surface area contributed by atoms with Crippen LogP contribution in [0.2, 0.25) is 0 Å². The van der Waals surface area contributed by atoms with Crippen molar-refractivity contribution in [3.05, 3.63) is 36.4 Å². The highest BCUT2D eigenvalue weighted by Crippen LogP contribution is 2.31. The first kappa shape index (κ1) is 21.4. The van der Waals surface area contributed by atoms with Gasteiger partial charge in [0.25, 0.3) is 0 Å². The number of aliphatic hydroxyl groups is 1. The Morgan fingerprint density at radius 3 is 2.85 bits per heavy atom. The molecule has 0 bridgehead atoms. The fourth-order valence-corrected chi connectivity index (χ4v) is 4.38. The van der Waals surface area contributed by atoms with Crippen LogP contribution in [0.25, 0.3) is 16.6 Å². The van der Waals surface area contributed by atoms with Crippen LogP contribution in [0.5, 0.6) is 5.75 Å². The number of ether oxygens (including phenoxy) is 1. The van der Waals surface area contributed by atoms with Crippen LogP contribution < -0.4 is 15.4 Å². The fraction of sp³-hybridized carbons (Fsp3) is 0.478. The third kappa shape index (κ3) is 3.84. The first-order chi connectivity index (χ1) is 15.7. The molecule has 1 saturated heterocycles. The monoisotopic (exact) mass is 450 g/mol. The highest BCUT2D eigenvalue weighted by atomic mass is 16.5. The van der Waals surface area contributed by atoms with Gasteiger partial charge in [-0.2, -0.15) is 9.61 Å². The van der Waals surface area contributed by atoms with Crippen molar-refractivity contribution in [2.45, 2.75) is 51.2 Å². The number of rotatable bonds is 5. The first-order valence-electron chi connectivity index (χ1n) is 11.3. The molecule has 3 N–H and O–H groups in total. The summed E-state index contributed by atoms with van der Waals surface area (Å²) in [6.07, 6.45) is 5.90. The second-order valence-corrected chi connectivity index (χ2v) is 9.35. The van der Waals surface area contributed by atoms with E-state index < -0.39 is 5.60 Å². The Morgan fingerprint density at radius 1 is 1.27 bits per heavy atom. The van der Waals surface area contributed by atoms with Crippen LogP contribution in [0.3, 0.4) is 0 Å². The van der Waals surface area contributed by atoms with Gasteiger partial charge in [0, 0.05) is 36.7 Å². The van der Waals surface area contributed by atoms with Gasteiger partial charge in [-0.1, -0.05) is 0 Å². The number of hydrogen-bond donors (Lipinski definition) is 2. The topological polar surface area (TPSA) is 120 Å². The molecule has 0 radical (unpaired) electrons. The molecule has 0 spiro atoms. The Kier molecular flexibility index (Phi) is 5.12. The van der Waals surface area contributed by atoms with E-state index in [0.717, 1.165) is 54.1 Å². The number of methoxy groups -OCH3 is 1. The lowest BCUT2D eigenvalue weighted by atomic mass is 9.97. The van der Waals surface area contributed by atoms with Crippen LogP contribution in [-0.2, 0) is 0 Å². The maximum Gasteiger partial charge on any atom is 0.223 e. The molecule has 4 heterocycles. The molecular formula is C23H30N8O2. The number of nitrogen functional groups attached to an aromatic ring is 1. The molecule has 33 heavy (non-hydrogen) atoms. The zero-order valence-electron chi connectivity index (χ0n) is 19.4. The molecule has 0 saturated carbocycles. The highest BCUT2D eigenvalue weighted by molar-refractivity contribution is 5.93. The zero-order valence-corrected chi connectivity index (χ0v) is 19.4. The molecular weight excluding hydrogens is 420 g/mol. The van der Waals surface area contributed by atoms with Gasteiger partial charge in [-0.05, 0) is 45.7 Å². The molecule has 4 aromatic rings. The lowest BCUT2D eigenvalue weighted by Crippen LogP contribution is -2.34. The summed E-state index contributed by atoms with van der Waals surface area (Å²) in [7, 11) is 1.63. The van der Waals surface area contributed by atoms with Crippen molar-refractivity contribution in [3.8, 4) is 5.75 Å². The van der Waals surface area contributed by atoms with Crippen molar-refractivity contribution in [3.63, 3.8) is 0 Å². The van der Waals surface area contributed by atoms with E-state index in [-0.39, 0.29) is 12.0 Å². The number of aromatic nitrogens is 6. The van der Waals surface area contributed by atoms with Gasteiger partial charge in [-0.15, -0.1) is 5.10 Å². The van der Waals surface area contributed by atoms with Crippen LogP contribution in [0.1, 0.15) is 51.4 Å². The van der Waals surface area contributed by atoms with Gasteiger partial charge in [0.2, 0.25) is 5.95 Å². The quantitative estimate of drug-likeness (QED) is 0.476. The Labute approximate surface area is 192 Å². The molecule has 0 aliphatic carbocycles. The summed E-state index contributed by atoms with van der Waals surface area (Å²) in [5.74, 6) is 1.97. The number of anilines is 2. The predicted octanol–water partition coefficient (Wildman–Crippen LogP) is 2.78. The molecule has 174 valence electrons. The molecule has 1 fully saturated rings. The molecule has 3 aromatic heterocycles. The molecule has 1 aliphatic heterocycles. The Hall–Kier alpha value is -3.40. The van der Waals surface area contributed by atoms with Gasteiger partial charge in [-0.25, -0.2) is 9.97 Å². The number of piperidine rings is 1. The third-order valence-electron chi connectivity index (χ3n) is 6.68. The van der Waals surface area contributed by atoms with E-state index in [1.807, 2.05) is 42.2 Å². The summed E-state index contributed by atoms with van der Waals surface area (Å²) >= 11 is 0. The van der Waals surface area contributed by atoms with Crippen molar-refractivity contribution >= 4 is 28.2 Å². The smallest absolute Gasteiger partial charge is 0.223 e. The molecule has 1 unspecified atom stereocenters. The van der Waals surface area contributed by atoms with Gasteiger partial charge < -0.3 is 20.5 Å². The van der Waals surface area contributed by atoms with Crippen molar-refractivity contribution < 1.29 is 9.84 Å². The predicted molar refractivity (Wildman–Crippen MR) is 127 cm³/mol. The number of nitrogens with zero attached hydrogens (tertiary/aromatic N) is 7. The van der Waals surface area contributed by atoms with E-state index in [2.05, 4.69) is 15.0 Å². The average molecular weight is 451 g/mol. The zero-order chi connectivity index (χ0) is 23.3. The molecule has 0 amide bonds. The lowest BCUT2D eigenvalue weighted by Gasteiger charge is -2.32. The van der Waals surface area contributed by atoms with E-state index in [1.54, 1.807) is 25.5 Å². The summed E-state index contributed by atoms with van der Waals surface area (Å²) in [6.45, 7) is 7.29. The largest absolute Gasteiger partial charge is 0.497 e. The number of benzene rings is 1. The summed E-state index contributed by atoms with van der Waals surface area (Å²) in [5, 5.41) is 20.4. The molecule has 2 atom stereocenters. The molecule has 1 aromatic carbocycles. The minimum absolute atomic E-state index is 0.130. The SMILES string of the molecule is COc1ccc2c(c1)nc(N)n1nc([C@@H]3CCCN(c4cnn(C(C)C(C)(C)O)c4)C3)nc21. The summed E-state index contributed by atoms with van der Waals surface area (Å²) in [6, 6.07) is 5.56. The minimum Gasteiger partial charge on any atom is -0.497 e. The Morgan fingerprint density at radius 2 is 2.09 bits per heavy atom. The molecule has 1 aliphatic rings. The fourth-order valence-electron chi connectivity index (χ4n) is 4.38. The normalized spacial score (nSPS) is 18.2. The van der Waals surface area contributed by atoms with Gasteiger partial charge in [0.05, 0.1) is 36.2 Å². The van der Waals surface area contributed by atoms with Gasteiger partial charge >= 0.3 is 0 Å². The van der Waals surface area contributed by atoms with Gasteiger partial charge in [0.1, 0.15) is 5.75 Å². The van der Waals surface area contributed by atoms with Gasteiger partial charge in [-0.3, -0.25) is 4.68 Å². The number of hydrogen-bond acceptors (Lipinski definition) is 8. The number of nitrogens with two attached hydrogens (primary N) is 1. The highest BCUT2D eigenvalue weighted by Gasteiger charge is 2.28. The van der Waals surface area contributed by atoms with Crippen molar-refractivity contribution in [1.82, 2.24) is 29.4 Å². The van der Waals surface area contributed by atoms with E-state index >= 15 is 0 Å². The lowest BCUT2D eigenvalue weighted by molar-refractivity contribution is 0.0258. The summed E-state index contributed by atoms with van der Waals surface area (Å²) < 4.78 is 8.77. The standard InChI is InChI=1S/C23H30N8O2/c1-14(23(2,3)32)30-13-16(11-25-30)29-9-5-6-15(12-29)20-27-21-18-8-7-17(33-4)10-19(18)26-22(24)31(21)28-20/h7-8,10-11,13-15,32H,5-6,9,12H2,1-4H3,(H2,24,26)/t14?,15-/m1/s1. The van der Waals surface area contributed by atoms with Crippen LogP contribution >= 0.6 is 0 Å². The summed E-state index contributed by atoms with van der Waals surface area (Å²) in [4.78, 5) is 11.7. The Balaban J connectivity index is 1.44. The van der Waals surface area contributed by atoms with Crippen LogP contribution in [0.4, 0.5) is 11.6 Å². The molecule has 10 heteroatoms. The van der Waals surface area contributed by atoms with E-state index in [4.69, 9.17) is 20.6 Å². The molecule has 5 rings (SSSR count). The first-order valence-corrected chi connectivity index (χ1v) is 11.3. The van der Waals surface area contributed by atoms with Gasteiger partial charge in [0.15, 0.2) is 11.5 Å². The van der Waals surface area contributed by atoms with E-state index in [1.165, 1.54) is 0 Å².